The Kier molecular flexibility index (Phi) is 8.54. The van der Waals surface area contributed by atoms with Crippen LogP contribution in [0.25, 0.3) is 110 Å². The molecule has 11 rings (SSSR count). The second-order valence-electron chi connectivity index (χ2n) is 15.1. The normalized spacial score (nSPS) is 11.3. The standard InChI is InChI=1S/C57H35N3/c58-36-37-27-29-39(30-28-37)42-20-9-12-24-46(42)52-35-53(60-57(59-52)41-18-5-2-6-19-41)47-33-34-50(45-23-11-10-22-44(45)47)56-49-26-14-13-25-48(49)54(40-16-3-1-4-17-40)51-32-31-38-15-7-8-21-43(38)55(51)56/h1-35H. The summed E-state index contributed by atoms with van der Waals surface area (Å²) in [6.45, 7) is 0. The molecular weight excluding hydrogens is 727 g/mol. The maximum absolute atomic E-state index is 9.49. The number of hydrogen-bond acceptors (Lipinski definition) is 3. The lowest BCUT2D eigenvalue weighted by Gasteiger charge is -2.21. The van der Waals surface area contributed by atoms with Crippen molar-refractivity contribution in [3.63, 3.8) is 0 Å². The van der Waals surface area contributed by atoms with Gasteiger partial charge in [0, 0.05) is 16.7 Å². The van der Waals surface area contributed by atoms with E-state index in [-0.39, 0.29) is 0 Å². The zero-order valence-electron chi connectivity index (χ0n) is 32.5. The van der Waals surface area contributed by atoms with Gasteiger partial charge in [-0.2, -0.15) is 5.26 Å². The van der Waals surface area contributed by atoms with Crippen molar-refractivity contribution in [2.24, 2.45) is 0 Å². The Balaban J connectivity index is 1.18. The van der Waals surface area contributed by atoms with Gasteiger partial charge in [-0.3, -0.25) is 0 Å². The Morgan fingerprint density at radius 2 is 0.867 bits per heavy atom. The van der Waals surface area contributed by atoms with Crippen LogP contribution in [-0.4, -0.2) is 9.97 Å². The first-order valence-corrected chi connectivity index (χ1v) is 20.2. The van der Waals surface area contributed by atoms with Crippen LogP contribution in [0.15, 0.2) is 212 Å². The van der Waals surface area contributed by atoms with E-state index in [1.807, 2.05) is 48.5 Å². The molecule has 10 aromatic carbocycles. The summed E-state index contributed by atoms with van der Waals surface area (Å²) in [5.41, 5.74) is 12.2. The molecule has 0 aliphatic rings. The topological polar surface area (TPSA) is 49.6 Å². The van der Waals surface area contributed by atoms with Gasteiger partial charge in [0.25, 0.3) is 0 Å². The van der Waals surface area contributed by atoms with E-state index in [0.717, 1.165) is 50.0 Å². The first-order valence-electron chi connectivity index (χ1n) is 20.2. The van der Waals surface area contributed by atoms with E-state index in [4.69, 9.17) is 9.97 Å². The molecule has 3 heteroatoms. The van der Waals surface area contributed by atoms with Crippen LogP contribution in [0.1, 0.15) is 5.56 Å². The quantitative estimate of drug-likeness (QED) is 0.125. The third kappa shape index (κ3) is 5.90. The SMILES string of the molecule is N#Cc1ccc(-c2ccccc2-c2cc(-c3ccc(-c4c5ccccc5c(-c5ccccc5)c5ccc6ccccc6c45)c4ccccc34)nc(-c3ccccc3)n2)cc1. The van der Waals surface area contributed by atoms with Crippen LogP contribution in [0.4, 0.5) is 0 Å². The number of rotatable bonds is 6. The number of hydrogen-bond donors (Lipinski definition) is 0. The molecular formula is C57H35N3. The van der Waals surface area contributed by atoms with Crippen molar-refractivity contribution in [1.29, 1.82) is 5.26 Å². The number of nitriles is 1. The Hall–Kier alpha value is -8.19. The van der Waals surface area contributed by atoms with E-state index in [0.29, 0.717) is 11.4 Å². The minimum absolute atomic E-state index is 0.628. The zero-order valence-corrected chi connectivity index (χ0v) is 32.5. The van der Waals surface area contributed by atoms with E-state index < -0.39 is 0 Å². The van der Waals surface area contributed by atoms with Gasteiger partial charge in [0.2, 0.25) is 0 Å². The highest BCUT2D eigenvalue weighted by Crippen LogP contribution is 2.48. The van der Waals surface area contributed by atoms with Crippen molar-refractivity contribution >= 4 is 43.1 Å². The average Bonchev–Trinajstić information content (AvgIpc) is 3.33. The predicted octanol–water partition coefficient (Wildman–Crippen LogP) is 15.0. The Morgan fingerprint density at radius 1 is 0.333 bits per heavy atom. The first kappa shape index (κ1) is 35.0. The summed E-state index contributed by atoms with van der Waals surface area (Å²) < 4.78 is 0. The van der Waals surface area contributed by atoms with Gasteiger partial charge in [0.15, 0.2) is 5.82 Å². The van der Waals surface area contributed by atoms with Gasteiger partial charge in [-0.25, -0.2) is 9.97 Å². The Labute approximate surface area is 348 Å². The van der Waals surface area contributed by atoms with Crippen LogP contribution >= 0.6 is 0 Å². The fourth-order valence-electron chi connectivity index (χ4n) is 9.01. The van der Waals surface area contributed by atoms with Crippen LogP contribution in [0, 0.1) is 11.3 Å². The minimum Gasteiger partial charge on any atom is -0.228 e. The Morgan fingerprint density at radius 3 is 1.57 bits per heavy atom. The molecule has 3 nitrogen and oxygen atoms in total. The molecule has 0 N–H and O–H groups in total. The van der Waals surface area contributed by atoms with Crippen LogP contribution in [0.2, 0.25) is 0 Å². The van der Waals surface area contributed by atoms with Crippen LogP contribution in [0.3, 0.4) is 0 Å². The van der Waals surface area contributed by atoms with Gasteiger partial charge < -0.3 is 0 Å². The lowest BCUT2D eigenvalue weighted by atomic mass is 9.82. The third-order valence-corrected chi connectivity index (χ3v) is 11.7. The van der Waals surface area contributed by atoms with E-state index in [1.165, 1.54) is 54.6 Å². The predicted molar refractivity (Wildman–Crippen MR) is 249 cm³/mol. The zero-order chi connectivity index (χ0) is 40.0. The molecule has 0 spiro atoms. The van der Waals surface area contributed by atoms with Crippen LogP contribution in [0.5, 0.6) is 0 Å². The van der Waals surface area contributed by atoms with E-state index in [2.05, 4.69) is 170 Å². The molecule has 11 aromatic rings. The molecule has 278 valence electrons. The summed E-state index contributed by atoms with van der Waals surface area (Å²) in [4.78, 5) is 10.5. The smallest absolute Gasteiger partial charge is 0.160 e. The molecule has 0 atom stereocenters. The molecule has 60 heavy (non-hydrogen) atoms. The molecule has 0 unspecified atom stereocenters. The van der Waals surface area contributed by atoms with E-state index in [1.54, 1.807) is 0 Å². The maximum Gasteiger partial charge on any atom is 0.160 e. The second kappa shape index (κ2) is 14.6. The van der Waals surface area contributed by atoms with Gasteiger partial charge in [-0.1, -0.05) is 194 Å². The largest absolute Gasteiger partial charge is 0.228 e. The van der Waals surface area contributed by atoms with Crippen molar-refractivity contribution in [1.82, 2.24) is 9.97 Å². The second-order valence-corrected chi connectivity index (χ2v) is 15.1. The van der Waals surface area contributed by atoms with Crippen LogP contribution < -0.4 is 0 Å². The number of aromatic nitrogens is 2. The molecule has 1 heterocycles. The van der Waals surface area contributed by atoms with Gasteiger partial charge >= 0.3 is 0 Å². The summed E-state index contributed by atoms with van der Waals surface area (Å²) in [7, 11) is 0. The van der Waals surface area contributed by atoms with Gasteiger partial charge in [-0.15, -0.1) is 0 Å². The molecule has 0 aliphatic carbocycles. The summed E-state index contributed by atoms with van der Waals surface area (Å²) in [6, 6.07) is 77.0. The van der Waals surface area contributed by atoms with Crippen molar-refractivity contribution in [3.05, 3.63) is 218 Å². The van der Waals surface area contributed by atoms with Crippen LogP contribution in [-0.2, 0) is 0 Å². The fraction of sp³-hybridized carbons (Fsp3) is 0. The minimum atomic E-state index is 0.628. The lowest BCUT2D eigenvalue weighted by Crippen LogP contribution is -1.98. The number of benzene rings is 10. The molecule has 0 fully saturated rings. The van der Waals surface area contributed by atoms with Gasteiger partial charge in [0.05, 0.1) is 23.0 Å². The van der Waals surface area contributed by atoms with Crippen molar-refractivity contribution in [2.75, 3.05) is 0 Å². The maximum atomic E-state index is 9.49. The number of fused-ring (bicyclic) bond motifs is 5. The van der Waals surface area contributed by atoms with E-state index in [9.17, 15) is 5.26 Å². The number of nitrogens with zero attached hydrogens (tertiary/aromatic N) is 3. The first-order chi connectivity index (χ1) is 29.7. The highest BCUT2D eigenvalue weighted by molar-refractivity contribution is 6.29. The monoisotopic (exact) mass is 761 g/mol. The van der Waals surface area contributed by atoms with Crippen molar-refractivity contribution in [3.8, 4) is 73.4 Å². The molecule has 0 aliphatic heterocycles. The molecule has 0 radical (unpaired) electrons. The third-order valence-electron chi connectivity index (χ3n) is 11.7. The molecule has 0 saturated carbocycles. The summed E-state index contributed by atoms with van der Waals surface area (Å²) >= 11 is 0. The summed E-state index contributed by atoms with van der Waals surface area (Å²) in [6.07, 6.45) is 0. The van der Waals surface area contributed by atoms with E-state index >= 15 is 0 Å². The highest BCUT2D eigenvalue weighted by Gasteiger charge is 2.22. The fourth-order valence-corrected chi connectivity index (χ4v) is 9.01. The summed E-state index contributed by atoms with van der Waals surface area (Å²) in [5, 5.41) is 19.1. The average molecular weight is 762 g/mol. The van der Waals surface area contributed by atoms with Gasteiger partial charge in [-0.05, 0) is 94.7 Å². The molecule has 0 amide bonds. The molecule has 0 saturated heterocycles. The van der Waals surface area contributed by atoms with Crippen molar-refractivity contribution in [2.45, 2.75) is 0 Å². The van der Waals surface area contributed by atoms with Gasteiger partial charge in [0.1, 0.15) is 0 Å². The summed E-state index contributed by atoms with van der Waals surface area (Å²) in [5.74, 6) is 0.658. The van der Waals surface area contributed by atoms with Crippen molar-refractivity contribution < 1.29 is 0 Å². The lowest BCUT2D eigenvalue weighted by molar-refractivity contribution is 1.19. The Bertz CT molecular complexity index is 3470. The molecule has 1 aromatic heterocycles. The molecule has 0 bridgehead atoms. The highest BCUT2D eigenvalue weighted by atomic mass is 14.9.